The van der Waals surface area contributed by atoms with Crippen molar-refractivity contribution in [2.45, 2.75) is 51.9 Å². The molecule has 0 atom stereocenters. The number of carbonyl (C=O) groups excluding carboxylic acids is 1. The summed E-state index contributed by atoms with van der Waals surface area (Å²) in [4.78, 5) is 13.5. The molecule has 1 N–H and O–H groups in total. The van der Waals surface area contributed by atoms with Crippen LogP contribution in [0.25, 0.3) is 0 Å². The van der Waals surface area contributed by atoms with Gasteiger partial charge in [-0.05, 0) is 43.5 Å². The highest BCUT2D eigenvalue weighted by Crippen LogP contribution is 2.27. The summed E-state index contributed by atoms with van der Waals surface area (Å²) in [6.45, 7) is 8.55. The largest absolute Gasteiger partial charge is 0.495 e. The number of nitrogens with zero attached hydrogens (tertiary/aromatic N) is 1. The highest BCUT2D eigenvalue weighted by molar-refractivity contribution is 7.89. The quantitative estimate of drug-likeness (QED) is 0.643. The average molecular weight is 371 g/mol. The number of ether oxygens (including phenoxy) is 1. The van der Waals surface area contributed by atoms with E-state index in [1.807, 2.05) is 13.8 Å². The number of unbranched alkanes of at least 4 members (excludes halogenated alkanes) is 2. The first-order valence-electron chi connectivity index (χ1n) is 8.63. The standard InChI is InChI=1S/C18H30N2O4S/c1-6-7-8-10-20(16(4)21)11-9-19-25(22,23)18-13-15(3)14(2)12-17(18)24-5/h12-13,19H,6-11H2,1-5H3. The van der Waals surface area contributed by atoms with Crippen LogP contribution < -0.4 is 9.46 Å². The molecule has 0 radical (unpaired) electrons. The normalized spacial score (nSPS) is 11.4. The van der Waals surface area contributed by atoms with E-state index in [9.17, 15) is 13.2 Å². The molecule has 0 heterocycles. The number of carbonyl (C=O) groups is 1. The van der Waals surface area contributed by atoms with Gasteiger partial charge in [-0.1, -0.05) is 19.8 Å². The van der Waals surface area contributed by atoms with Gasteiger partial charge in [0.2, 0.25) is 15.9 Å². The predicted molar refractivity (Wildman–Crippen MR) is 99.4 cm³/mol. The van der Waals surface area contributed by atoms with Crippen LogP contribution in [0.1, 0.15) is 44.2 Å². The molecule has 0 fully saturated rings. The number of hydrogen-bond acceptors (Lipinski definition) is 4. The van der Waals surface area contributed by atoms with Gasteiger partial charge in [-0.3, -0.25) is 4.79 Å². The summed E-state index contributed by atoms with van der Waals surface area (Å²) in [5.41, 5.74) is 1.85. The third-order valence-corrected chi connectivity index (χ3v) is 5.70. The van der Waals surface area contributed by atoms with Crippen molar-refractivity contribution in [1.29, 1.82) is 0 Å². The molecular formula is C18H30N2O4S. The molecule has 0 aliphatic rings. The van der Waals surface area contributed by atoms with E-state index in [-0.39, 0.29) is 17.3 Å². The molecule has 0 bridgehead atoms. The molecule has 0 aliphatic carbocycles. The Morgan fingerprint density at radius 1 is 1.16 bits per heavy atom. The summed E-state index contributed by atoms with van der Waals surface area (Å²) in [7, 11) is -2.25. The second kappa shape index (κ2) is 9.77. The molecule has 25 heavy (non-hydrogen) atoms. The van der Waals surface area contributed by atoms with Crippen LogP contribution in [-0.4, -0.2) is 46.0 Å². The summed E-state index contributed by atoms with van der Waals surface area (Å²) < 4.78 is 33.0. The Bertz CT molecular complexity index is 687. The highest BCUT2D eigenvalue weighted by atomic mass is 32.2. The van der Waals surface area contributed by atoms with Gasteiger partial charge in [-0.25, -0.2) is 13.1 Å². The minimum Gasteiger partial charge on any atom is -0.495 e. The minimum absolute atomic E-state index is 0.0425. The van der Waals surface area contributed by atoms with Crippen molar-refractivity contribution in [1.82, 2.24) is 9.62 Å². The van der Waals surface area contributed by atoms with Crippen molar-refractivity contribution in [3.63, 3.8) is 0 Å². The summed E-state index contributed by atoms with van der Waals surface area (Å²) in [6, 6.07) is 3.33. The first-order chi connectivity index (χ1) is 11.7. The van der Waals surface area contributed by atoms with Gasteiger partial charge >= 0.3 is 0 Å². The number of rotatable bonds is 10. The maximum absolute atomic E-state index is 12.6. The van der Waals surface area contributed by atoms with E-state index in [1.165, 1.54) is 14.0 Å². The fraction of sp³-hybridized carbons (Fsp3) is 0.611. The zero-order valence-electron chi connectivity index (χ0n) is 15.9. The summed E-state index contributed by atoms with van der Waals surface area (Å²) in [5, 5.41) is 0. The molecule has 142 valence electrons. The number of hydrogen-bond donors (Lipinski definition) is 1. The van der Waals surface area contributed by atoms with Crippen LogP contribution in [0, 0.1) is 13.8 Å². The fourth-order valence-corrected chi connectivity index (χ4v) is 3.76. The van der Waals surface area contributed by atoms with Crippen molar-refractivity contribution in [3.05, 3.63) is 23.3 Å². The Kier molecular flexibility index (Phi) is 8.38. The predicted octanol–water partition coefficient (Wildman–Crippen LogP) is 2.63. The van der Waals surface area contributed by atoms with Crippen molar-refractivity contribution in [2.24, 2.45) is 0 Å². The molecule has 1 aromatic carbocycles. The van der Waals surface area contributed by atoms with E-state index in [1.54, 1.807) is 17.0 Å². The average Bonchev–Trinajstić information content (AvgIpc) is 2.55. The molecule has 6 nitrogen and oxygen atoms in total. The molecule has 1 aromatic rings. The van der Waals surface area contributed by atoms with E-state index in [2.05, 4.69) is 11.6 Å². The topological polar surface area (TPSA) is 75.7 Å². The minimum atomic E-state index is -3.70. The maximum Gasteiger partial charge on any atom is 0.244 e. The Balaban J connectivity index is 2.78. The lowest BCUT2D eigenvalue weighted by molar-refractivity contribution is -0.128. The summed E-state index contributed by atoms with van der Waals surface area (Å²) in [5.74, 6) is 0.279. The fourth-order valence-electron chi connectivity index (χ4n) is 2.50. The van der Waals surface area contributed by atoms with Crippen LogP contribution in [0.2, 0.25) is 0 Å². The monoisotopic (exact) mass is 370 g/mol. The lowest BCUT2D eigenvalue weighted by Crippen LogP contribution is -2.38. The highest BCUT2D eigenvalue weighted by Gasteiger charge is 2.21. The Morgan fingerprint density at radius 3 is 2.36 bits per heavy atom. The van der Waals surface area contributed by atoms with E-state index in [0.717, 1.165) is 30.4 Å². The van der Waals surface area contributed by atoms with E-state index < -0.39 is 10.0 Å². The number of methoxy groups -OCH3 is 1. The Morgan fingerprint density at radius 2 is 1.80 bits per heavy atom. The van der Waals surface area contributed by atoms with Gasteiger partial charge in [0.1, 0.15) is 10.6 Å². The van der Waals surface area contributed by atoms with Crippen LogP contribution in [-0.2, 0) is 14.8 Å². The zero-order valence-corrected chi connectivity index (χ0v) is 16.7. The van der Waals surface area contributed by atoms with Crippen LogP contribution in [0.3, 0.4) is 0 Å². The number of nitrogens with one attached hydrogen (secondary N) is 1. The van der Waals surface area contributed by atoms with Gasteiger partial charge < -0.3 is 9.64 Å². The Labute approximate surface area is 151 Å². The lowest BCUT2D eigenvalue weighted by atomic mass is 10.1. The molecule has 1 rings (SSSR count). The van der Waals surface area contributed by atoms with Gasteiger partial charge in [-0.15, -0.1) is 0 Å². The Hall–Kier alpha value is -1.60. The molecule has 0 saturated carbocycles. The van der Waals surface area contributed by atoms with Crippen LogP contribution >= 0.6 is 0 Å². The van der Waals surface area contributed by atoms with Crippen molar-refractivity contribution < 1.29 is 17.9 Å². The second-order valence-corrected chi connectivity index (χ2v) is 7.93. The van der Waals surface area contributed by atoms with Crippen LogP contribution in [0.4, 0.5) is 0 Å². The molecule has 0 unspecified atom stereocenters. The van der Waals surface area contributed by atoms with Crippen LogP contribution in [0.15, 0.2) is 17.0 Å². The maximum atomic E-state index is 12.6. The molecule has 1 amide bonds. The second-order valence-electron chi connectivity index (χ2n) is 6.20. The third-order valence-electron chi connectivity index (χ3n) is 4.22. The molecule has 0 saturated heterocycles. The molecule has 0 spiro atoms. The molecule has 7 heteroatoms. The number of aryl methyl sites for hydroxylation is 2. The van der Waals surface area contributed by atoms with Gasteiger partial charge in [0.05, 0.1) is 7.11 Å². The van der Waals surface area contributed by atoms with Gasteiger partial charge in [-0.2, -0.15) is 0 Å². The summed E-state index contributed by atoms with van der Waals surface area (Å²) in [6.07, 6.45) is 3.05. The smallest absolute Gasteiger partial charge is 0.244 e. The number of benzene rings is 1. The van der Waals surface area contributed by atoms with Gasteiger partial charge in [0.15, 0.2) is 0 Å². The first kappa shape index (κ1) is 21.4. The third kappa shape index (κ3) is 6.32. The number of sulfonamides is 1. The zero-order chi connectivity index (χ0) is 19.0. The molecular weight excluding hydrogens is 340 g/mol. The van der Waals surface area contributed by atoms with Crippen molar-refractivity contribution in [2.75, 3.05) is 26.7 Å². The van der Waals surface area contributed by atoms with Gasteiger partial charge in [0.25, 0.3) is 0 Å². The van der Waals surface area contributed by atoms with Crippen LogP contribution in [0.5, 0.6) is 5.75 Å². The number of amides is 1. The van der Waals surface area contributed by atoms with E-state index >= 15 is 0 Å². The van der Waals surface area contributed by atoms with Crippen molar-refractivity contribution >= 4 is 15.9 Å². The molecule has 0 aliphatic heterocycles. The first-order valence-corrected chi connectivity index (χ1v) is 10.1. The SMILES string of the molecule is CCCCCN(CCNS(=O)(=O)c1cc(C)c(C)cc1OC)C(C)=O. The lowest BCUT2D eigenvalue weighted by Gasteiger charge is -2.21. The van der Waals surface area contributed by atoms with Gasteiger partial charge in [0, 0.05) is 26.6 Å². The summed E-state index contributed by atoms with van der Waals surface area (Å²) >= 11 is 0. The molecule has 0 aromatic heterocycles. The van der Waals surface area contributed by atoms with E-state index in [4.69, 9.17) is 4.74 Å². The van der Waals surface area contributed by atoms with Crippen molar-refractivity contribution in [3.8, 4) is 5.75 Å². The van der Waals surface area contributed by atoms with E-state index in [0.29, 0.717) is 18.8 Å².